The van der Waals surface area contributed by atoms with Crippen molar-refractivity contribution in [2.24, 2.45) is 5.41 Å². The molecule has 1 atom stereocenters. The molecule has 1 N–H and O–H groups in total. The number of aliphatic hydroxyl groups excluding tert-OH is 1. The zero-order chi connectivity index (χ0) is 12.2. The molecule has 0 fully saturated rings. The molecule has 0 aromatic heterocycles. The quantitative estimate of drug-likeness (QED) is 0.809. The predicted octanol–water partition coefficient (Wildman–Crippen LogP) is 4.11. The first-order valence-corrected chi connectivity index (χ1v) is 6.19. The molecule has 0 aliphatic heterocycles. The van der Waals surface area contributed by atoms with Crippen LogP contribution in [0.25, 0.3) is 0 Å². The van der Waals surface area contributed by atoms with E-state index in [2.05, 4.69) is 39.8 Å². The maximum absolute atomic E-state index is 10.1. The van der Waals surface area contributed by atoms with Gasteiger partial charge in [-0.05, 0) is 29.4 Å². The van der Waals surface area contributed by atoms with Gasteiger partial charge in [-0.25, -0.2) is 0 Å². The van der Waals surface area contributed by atoms with Gasteiger partial charge in [0.05, 0.1) is 6.10 Å². The molecule has 0 heterocycles. The Bertz CT molecular complexity index is 322. The molecular formula is C15H24O. The average Bonchev–Trinajstić information content (AvgIpc) is 2.16. The summed E-state index contributed by atoms with van der Waals surface area (Å²) in [4.78, 5) is 0. The van der Waals surface area contributed by atoms with Crippen molar-refractivity contribution in [2.45, 2.75) is 53.1 Å². The molecule has 0 saturated heterocycles. The fourth-order valence-electron chi connectivity index (χ4n) is 1.94. The molecule has 0 spiro atoms. The normalized spacial score (nSPS) is 13.8. The smallest absolute Gasteiger partial charge is 0.0795 e. The minimum Gasteiger partial charge on any atom is -0.388 e. The van der Waals surface area contributed by atoms with E-state index in [0.29, 0.717) is 0 Å². The lowest BCUT2D eigenvalue weighted by molar-refractivity contribution is 0.122. The van der Waals surface area contributed by atoms with Crippen LogP contribution in [0.3, 0.4) is 0 Å². The standard InChI is InChI=1S/C15H24O/c1-5-7-12-8-6-9-13(10-12)14(16)11-15(2,3)4/h6,8-10,14,16H,5,7,11H2,1-4H3. The third-order valence-electron chi connectivity index (χ3n) is 2.68. The summed E-state index contributed by atoms with van der Waals surface area (Å²) in [6.07, 6.45) is 2.72. The van der Waals surface area contributed by atoms with Gasteiger partial charge < -0.3 is 5.11 Å². The Morgan fingerprint density at radius 1 is 1.25 bits per heavy atom. The van der Waals surface area contributed by atoms with Crippen LogP contribution in [0.1, 0.15) is 57.8 Å². The van der Waals surface area contributed by atoms with Crippen molar-refractivity contribution >= 4 is 0 Å². The molecule has 1 aromatic rings. The van der Waals surface area contributed by atoms with E-state index in [0.717, 1.165) is 24.8 Å². The molecule has 0 amide bonds. The van der Waals surface area contributed by atoms with Crippen molar-refractivity contribution in [1.82, 2.24) is 0 Å². The molecule has 1 aromatic carbocycles. The number of benzene rings is 1. The van der Waals surface area contributed by atoms with Crippen LogP contribution in [-0.4, -0.2) is 5.11 Å². The van der Waals surface area contributed by atoms with Crippen LogP contribution >= 0.6 is 0 Å². The Morgan fingerprint density at radius 3 is 2.50 bits per heavy atom. The summed E-state index contributed by atoms with van der Waals surface area (Å²) in [5.41, 5.74) is 2.55. The molecule has 1 nitrogen and oxygen atoms in total. The van der Waals surface area contributed by atoms with E-state index in [1.807, 2.05) is 12.1 Å². The Hall–Kier alpha value is -0.820. The van der Waals surface area contributed by atoms with Crippen molar-refractivity contribution < 1.29 is 5.11 Å². The lowest BCUT2D eigenvalue weighted by Crippen LogP contribution is -2.11. The Morgan fingerprint density at radius 2 is 1.94 bits per heavy atom. The minimum atomic E-state index is -0.336. The molecule has 1 unspecified atom stereocenters. The summed E-state index contributed by atoms with van der Waals surface area (Å²) in [6, 6.07) is 8.35. The Balaban J connectivity index is 2.75. The van der Waals surface area contributed by atoms with Gasteiger partial charge in [0, 0.05) is 0 Å². The molecule has 0 aliphatic carbocycles. The highest BCUT2D eigenvalue weighted by Crippen LogP contribution is 2.29. The molecule has 90 valence electrons. The van der Waals surface area contributed by atoms with Crippen molar-refractivity contribution in [3.8, 4) is 0 Å². The van der Waals surface area contributed by atoms with Crippen LogP contribution in [0.15, 0.2) is 24.3 Å². The van der Waals surface area contributed by atoms with Gasteiger partial charge in [-0.1, -0.05) is 58.4 Å². The van der Waals surface area contributed by atoms with Crippen LogP contribution in [0.4, 0.5) is 0 Å². The van der Waals surface area contributed by atoms with Gasteiger partial charge >= 0.3 is 0 Å². The van der Waals surface area contributed by atoms with Gasteiger partial charge in [0.15, 0.2) is 0 Å². The second-order valence-electron chi connectivity index (χ2n) is 5.78. The maximum atomic E-state index is 10.1. The van der Waals surface area contributed by atoms with Gasteiger partial charge in [0.25, 0.3) is 0 Å². The highest BCUT2D eigenvalue weighted by Gasteiger charge is 2.18. The molecule has 0 radical (unpaired) electrons. The minimum absolute atomic E-state index is 0.167. The van der Waals surface area contributed by atoms with Gasteiger partial charge in [-0.15, -0.1) is 0 Å². The largest absolute Gasteiger partial charge is 0.388 e. The molecule has 1 heteroatoms. The van der Waals surface area contributed by atoms with Crippen LogP contribution < -0.4 is 0 Å². The Labute approximate surface area is 99.5 Å². The fraction of sp³-hybridized carbons (Fsp3) is 0.600. The van der Waals surface area contributed by atoms with E-state index in [1.165, 1.54) is 5.56 Å². The molecule has 0 aliphatic rings. The van der Waals surface area contributed by atoms with Gasteiger partial charge in [-0.3, -0.25) is 0 Å². The van der Waals surface area contributed by atoms with E-state index < -0.39 is 0 Å². The second-order valence-corrected chi connectivity index (χ2v) is 5.78. The number of hydrogen-bond acceptors (Lipinski definition) is 1. The third-order valence-corrected chi connectivity index (χ3v) is 2.68. The first kappa shape index (κ1) is 13.2. The predicted molar refractivity (Wildman–Crippen MR) is 69.5 cm³/mol. The number of rotatable bonds is 4. The lowest BCUT2D eigenvalue weighted by atomic mass is 9.86. The highest BCUT2D eigenvalue weighted by atomic mass is 16.3. The second kappa shape index (κ2) is 5.49. The van der Waals surface area contributed by atoms with Crippen molar-refractivity contribution in [3.63, 3.8) is 0 Å². The zero-order valence-electron chi connectivity index (χ0n) is 11.0. The number of hydrogen-bond donors (Lipinski definition) is 1. The van der Waals surface area contributed by atoms with E-state index in [-0.39, 0.29) is 11.5 Å². The number of aryl methyl sites for hydroxylation is 1. The summed E-state index contributed by atoms with van der Waals surface area (Å²) < 4.78 is 0. The molecule has 0 saturated carbocycles. The van der Waals surface area contributed by atoms with E-state index in [9.17, 15) is 5.11 Å². The van der Waals surface area contributed by atoms with E-state index in [1.54, 1.807) is 0 Å². The topological polar surface area (TPSA) is 20.2 Å². The molecule has 0 bridgehead atoms. The van der Waals surface area contributed by atoms with Crippen LogP contribution in [0.5, 0.6) is 0 Å². The van der Waals surface area contributed by atoms with Gasteiger partial charge in [0.2, 0.25) is 0 Å². The number of aliphatic hydroxyl groups is 1. The molecule has 1 rings (SSSR count). The van der Waals surface area contributed by atoms with Crippen LogP contribution in [0, 0.1) is 5.41 Å². The van der Waals surface area contributed by atoms with E-state index in [4.69, 9.17) is 0 Å². The summed E-state index contributed by atoms with van der Waals surface area (Å²) in [6.45, 7) is 8.66. The SMILES string of the molecule is CCCc1cccc(C(O)CC(C)(C)C)c1. The lowest BCUT2D eigenvalue weighted by Gasteiger charge is -2.22. The van der Waals surface area contributed by atoms with E-state index >= 15 is 0 Å². The first-order valence-electron chi connectivity index (χ1n) is 6.19. The van der Waals surface area contributed by atoms with Crippen molar-refractivity contribution in [3.05, 3.63) is 35.4 Å². The maximum Gasteiger partial charge on any atom is 0.0795 e. The van der Waals surface area contributed by atoms with Crippen molar-refractivity contribution in [1.29, 1.82) is 0 Å². The monoisotopic (exact) mass is 220 g/mol. The first-order chi connectivity index (χ1) is 7.42. The van der Waals surface area contributed by atoms with Crippen LogP contribution in [-0.2, 0) is 6.42 Å². The summed E-state index contributed by atoms with van der Waals surface area (Å²) in [7, 11) is 0. The highest BCUT2D eigenvalue weighted by molar-refractivity contribution is 5.25. The van der Waals surface area contributed by atoms with Gasteiger partial charge in [-0.2, -0.15) is 0 Å². The zero-order valence-corrected chi connectivity index (χ0v) is 11.0. The summed E-state index contributed by atoms with van der Waals surface area (Å²) >= 11 is 0. The Kier molecular flexibility index (Phi) is 4.55. The van der Waals surface area contributed by atoms with Gasteiger partial charge in [0.1, 0.15) is 0 Å². The fourth-order valence-corrected chi connectivity index (χ4v) is 1.94. The molecule has 16 heavy (non-hydrogen) atoms. The summed E-state index contributed by atoms with van der Waals surface area (Å²) in [5.74, 6) is 0. The molecular weight excluding hydrogens is 196 g/mol. The average molecular weight is 220 g/mol. The van der Waals surface area contributed by atoms with Crippen molar-refractivity contribution in [2.75, 3.05) is 0 Å². The third kappa shape index (κ3) is 4.36. The summed E-state index contributed by atoms with van der Waals surface area (Å²) in [5, 5.41) is 10.1. The van der Waals surface area contributed by atoms with Crippen LogP contribution in [0.2, 0.25) is 0 Å².